The second-order valence-corrected chi connectivity index (χ2v) is 7.65. The Morgan fingerprint density at radius 3 is 3.00 bits per heavy atom. The Balaban J connectivity index is 1.77. The molecule has 25 heavy (non-hydrogen) atoms. The number of carbonyl (C=O) groups is 1. The van der Waals surface area contributed by atoms with E-state index in [4.69, 9.17) is 4.74 Å². The number of methoxy groups -OCH3 is 1. The number of hydrogen-bond donors (Lipinski definition) is 1. The van der Waals surface area contributed by atoms with Crippen molar-refractivity contribution < 1.29 is 9.53 Å². The Bertz CT molecular complexity index is 781. The zero-order valence-corrected chi connectivity index (χ0v) is 15.3. The third-order valence-corrected chi connectivity index (χ3v) is 6.59. The molecule has 1 aromatic heterocycles. The maximum absolute atomic E-state index is 11.8. The summed E-state index contributed by atoms with van der Waals surface area (Å²) in [6.07, 6.45) is 6.06. The van der Waals surface area contributed by atoms with Gasteiger partial charge >= 0.3 is 5.97 Å². The maximum atomic E-state index is 11.8. The van der Waals surface area contributed by atoms with Crippen molar-refractivity contribution in [1.29, 1.82) is 0 Å². The fourth-order valence-corrected chi connectivity index (χ4v) is 5.26. The normalized spacial score (nSPS) is 26.2. The number of rotatable bonds is 4. The molecule has 2 aliphatic rings. The lowest BCUT2D eigenvalue weighted by molar-refractivity contribution is -0.142. The van der Waals surface area contributed by atoms with E-state index in [1.54, 1.807) is 0 Å². The predicted molar refractivity (Wildman–Crippen MR) is 99.5 cm³/mol. The lowest BCUT2D eigenvalue weighted by Crippen LogP contribution is -2.49. The van der Waals surface area contributed by atoms with Gasteiger partial charge in [-0.25, -0.2) is 0 Å². The Morgan fingerprint density at radius 1 is 1.36 bits per heavy atom. The van der Waals surface area contributed by atoms with Crippen molar-refractivity contribution in [3.63, 3.8) is 0 Å². The Morgan fingerprint density at radius 2 is 2.20 bits per heavy atom. The molecule has 3 heterocycles. The lowest BCUT2D eigenvalue weighted by Gasteiger charge is -2.52. The Labute approximate surface area is 149 Å². The van der Waals surface area contributed by atoms with Crippen molar-refractivity contribution >= 4 is 16.9 Å². The minimum absolute atomic E-state index is 0.0855. The standard InChI is InChI=1S/C21H28N2O2/c1-3-21(12-9-18(24)25-2)11-6-13-23-14-10-16-15-7-4-5-8-17(15)22-19(16)20(21)23/h4-5,7-8,20,22H,3,6,9-14H2,1-2H3/t20-,21+/m0/s1. The van der Waals surface area contributed by atoms with Gasteiger partial charge in [0.2, 0.25) is 0 Å². The molecule has 2 aromatic rings. The summed E-state index contributed by atoms with van der Waals surface area (Å²) in [5.41, 5.74) is 4.30. The first-order chi connectivity index (χ1) is 12.2. The highest BCUT2D eigenvalue weighted by Crippen LogP contribution is 2.53. The molecule has 0 aliphatic carbocycles. The second-order valence-electron chi connectivity index (χ2n) is 7.65. The van der Waals surface area contributed by atoms with Crippen LogP contribution < -0.4 is 0 Å². The third kappa shape index (κ3) is 2.67. The largest absolute Gasteiger partial charge is 0.469 e. The number of benzene rings is 1. The summed E-state index contributed by atoms with van der Waals surface area (Å²) in [5, 5.41) is 1.38. The molecule has 4 heteroatoms. The van der Waals surface area contributed by atoms with Gasteiger partial charge in [0.05, 0.1) is 13.2 Å². The van der Waals surface area contributed by atoms with Crippen molar-refractivity contribution in [2.24, 2.45) is 5.41 Å². The van der Waals surface area contributed by atoms with Gasteiger partial charge in [-0.2, -0.15) is 0 Å². The van der Waals surface area contributed by atoms with Gasteiger partial charge in [-0.15, -0.1) is 0 Å². The zero-order chi connectivity index (χ0) is 17.4. The van der Waals surface area contributed by atoms with Crippen LogP contribution in [-0.2, 0) is 16.0 Å². The van der Waals surface area contributed by atoms with E-state index < -0.39 is 0 Å². The maximum Gasteiger partial charge on any atom is 0.305 e. The van der Waals surface area contributed by atoms with E-state index >= 15 is 0 Å². The SMILES string of the molecule is CC[C@]1(CCC(=O)OC)CCCN2CCc3c([nH]c4ccccc34)[C@H]21. The zero-order valence-electron chi connectivity index (χ0n) is 15.3. The highest BCUT2D eigenvalue weighted by Gasteiger charge is 2.47. The molecule has 0 bridgehead atoms. The number of aromatic nitrogens is 1. The first kappa shape index (κ1) is 16.6. The monoisotopic (exact) mass is 340 g/mol. The van der Waals surface area contributed by atoms with E-state index in [-0.39, 0.29) is 11.4 Å². The summed E-state index contributed by atoms with van der Waals surface area (Å²) >= 11 is 0. The molecule has 4 nitrogen and oxygen atoms in total. The van der Waals surface area contributed by atoms with Crippen molar-refractivity contribution in [1.82, 2.24) is 9.88 Å². The molecule has 0 saturated carbocycles. The molecule has 0 radical (unpaired) electrons. The van der Waals surface area contributed by atoms with Crippen LogP contribution in [0, 0.1) is 5.41 Å². The molecule has 1 fully saturated rings. The van der Waals surface area contributed by atoms with Crippen molar-refractivity contribution in [3.8, 4) is 0 Å². The number of ether oxygens (including phenoxy) is 1. The highest BCUT2D eigenvalue weighted by molar-refractivity contribution is 5.85. The van der Waals surface area contributed by atoms with E-state index in [1.807, 2.05) is 0 Å². The number of aromatic amines is 1. The Hall–Kier alpha value is -1.81. The lowest BCUT2D eigenvalue weighted by atomic mass is 9.65. The van der Waals surface area contributed by atoms with Crippen LogP contribution in [0.15, 0.2) is 24.3 Å². The molecule has 134 valence electrons. The van der Waals surface area contributed by atoms with Crippen molar-refractivity contribution in [3.05, 3.63) is 35.5 Å². The summed E-state index contributed by atoms with van der Waals surface area (Å²) in [7, 11) is 1.49. The number of esters is 1. The van der Waals surface area contributed by atoms with Crippen LogP contribution in [0.4, 0.5) is 0 Å². The molecule has 1 saturated heterocycles. The molecule has 1 aromatic carbocycles. The summed E-state index contributed by atoms with van der Waals surface area (Å²) in [6.45, 7) is 4.58. The first-order valence-corrected chi connectivity index (χ1v) is 9.59. The van der Waals surface area contributed by atoms with Crippen LogP contribution in [0.3, 0.4) is 0 Å². The second kappa shape index (κ2) is 6.49. The van der Waals surface area contributed by atoms with E-state index in [9.17, 15) is 4.79 Å². The van der Waals surface area contributed by atoms with Crippen molar-refractivity contribution in [2.75, 3.05) is 20.2 Å². The number of carbonyl (C=O) groups excluding carboxylic acids is 1. The van der Waals surface area contributed by atoms with Gasteiger partial charge in [0, 0.05) is 29.6 Å². The van der Waals surface area contributed by atoms with Gasteiger partial charge in [-0.05, 0) is 55.7 Å². The van der Waals surface area contributed by atoms with Crippen LogP contribution >= 0.6 is 0 Å². The van der Waals surface area contributed by atoms with Crippen LogP contribution in [0.1, 0.15) is 56.3 Å². The van der Waals surface area contributed by atoms with E-state index in [0.29, 0.717) is 12.5 Å². The number of piperidine rings is 1. The summed E-state index contributed by atoms with van der Waals surface area (Å²) < 4.78 is 4.92. The number of nitrogens with zero attached hydrogens (tertiary/aromatic N) is 1. The van der Waals surface area contributed by atoms with Gasteiger partial charge in [0.25, 0.3) is 0 Å². The van der Waals surface area contributed by atoms with Gasteiger partial charge in [0.1, 0.15) is 0 Å². The third-order valence-electron chi connectivity index (χ3n) is 6.59. The molecule has 4 rings (SSSR count). The summed E-state index contributed by atoms with van der Waals surface area (Å²) in [6, 6.07) is 9.06. The van der Waals surface area contributed by atoms with E-state index in [0.717, 1.165) is 25.8 Å². The number of para-hydroxylation sites is 1. The first-order valence-electron chi connectivity index (χ1n) is 9.59. The van der Waals surface area contributed by atoms with E-state index in [2.05, 4.69) is 41.1 Å². The minimum atomic E-state index is -0.0855. The fourth-order valence-electron chi connectivity index (χ4n) is 5.26. The van der Waals surface area contributed by atoms with Crippen LogP contribution in [0.25, 0.3) is 10.9 Å². The highest BCUT2D eigenvalue weighted by atomic mass is 16.5. The summed E-state index contributed by atoms with van der Waals surface area (Å²) in [4.78, 5) is 18.2. The average Bonchev–Trinajstić information content (AvgIpc) is 3.04. The van der Waals surface area contributed by atoms with E-state index in [1.165, 1.54) is 48.7 Å². The van der Waals surface area contributed by atoms with Crippen LogP contribution in [0.5, 0.6) is 0 Å². The average molecular weight is 340 g/mol. The van der Waals surface area contributed by atoms with Gasteiger partial charge in [-0.3, -0.25) is 9.69 Å². The smallest absolute Gasteiger partial charge is 0.305 e. The molecule has 1 N–H and O–H groups in total. The van der Waals surface area contributed by atoms with Crippen LogP contribution in [0.2, 0.25) is 0 Å². The fraction of sp³-hybridized carbons (Fsp3) is 0.571. The molecule has 0 unspecified atom stereocenters. The molecular weight excluding hydrogens is 312 g/mol. The molecule has 2 atom stereocenters. The van der Waals surface area contributed by atoms with Crippen LogP contribution in [-0.4, -0.2) is 36.1 Å². The Kier molecular flexibility index (Phi) is 4.32. The minimum Gasteiger partial charge on any atom is -0.469 e. The molecular formula is C21H28N2O2. The molecule has 0 spiro atoms. The quantitative estimate of drug-likeness (QED) is 0.848. The molecule has 0 amide bonds. The topological polar surface area (TPSA) is 45.3 Å². The molecule has 2 aliphatic heterocycles. The summed E-state index contributed by atoms with van der Waals surface area (Å²) in [5.74, 6) is -0.0855. The van der Waals surface area contributed by atoms with Gasteiger partial charge in [-0.1, -0.05) is 25.1 Å². The number of hydrogen-bond acceptors (Lipinski definition) is 3. The van der Waals surface area contributed by atoms with Gasteiger partial charge in [0.15, 0.2) is 0 Å². The number of H-pyrrole nitrogens is 1. The van der Waals surface area contributed by atoms with Crippen molar-refractivity contribution in [2.45, 2.75) is 51.5 Å². The number of nitrogens with one attached hydrogen (secondary N) is 1. The van der Waals surface area contributed by atoms with Gasteiger partial charge < -0.3 is 9.72 Å². The predicted octanol–water partition coefficient (Wildman–Crippen LogP) is 4.21. The number of fused-ring (bicyclic) bond motifs is 5.